The molecule has 0 bridgehead atoms. The Morgan fingerprint density at radius 3 is 2.16 bits per heavy atom. The third kappa shape index (κ3) is 5.58. The van der Waals surface area contributed by atoms with Crippen molar-refractivity contribution < 1.29 is 18.0 Å². The van der Waals surface area contributed by atoms with Crippen LogP contribution in [0.1, 0.15) is 54.1 Å². The molecular weight excluding hydrogens is 487 g/mol. The summed E-state index contributed by atoms with van der Waals surface area (Å²) in [7, 11) is 0. The van der Waals surface area contributed by atoms with E-state index in [2.05, 4.69) is 58.4 Å². The van der Waals surface area contributed by atoms with Crippen molar-refractivity contribution in [3.05, 3.63) is 95.6 Å². The minimum atomic E-state index is -4.43. The summed E-state index contributed by atoms with van der Waals surface area (Å²) in [5.74, 6) is 0.273. The van der Waals surface area contributed by atoms with E-state index >= 15 is 0 Å². The predicted octanol–water partition coefficient (Wildman–Crippen LogP) is 7.19. The van der Waals surface area contributed by atoms with Gasteiger partial charge in [0.05, 0.1) is 5.56 Å². The highest BCUT2D eigenvalue weighted by Crippen LogP contribution is 2.45. The molecule has 38 heavy (non-hydrogen) atoms. The molecule has 3 aromatic carbocycles. The van der Waals surface area contributed by atoms with Gasteiger partial charge in [0.1, 0.15) is 0 Å². The largest absolute Gasteiger partial charge is 0.416 e. The molecule has 4 nitrogen and oxygen atoms in total. The third-order valence-corrected chi connectivity index (χ3v) is 8.24. The van der Waals surface area contributed by atoms with Crippen LogP contribution in [0.5, 0.6) is 0 Å². The molecule has 0 radical (unpaired) electrons. The predicted molar refractivity (Wildman–Crippen MR) is 145 cm³/mol. The molecule has 1 aliphatic heterocycles. The number of carbonyl (C=O) groups is 1. The van der Waals surface area contributed by atoms with Crippen molar-refractivity contribution in [1.82, 2.24) is 4.90 Å². The van der Waals surface area contributed by atoms with Gasteiger partial charge in [0.15, 0.2) is 0 Å². The van der Waals surface area contributed by atoms with Gasteiger partial charge in [-0.3, -0.25) is 9.69 Å². The van der Waals surface area contributed by atoms with Crippen molar-refractivity contribution in [2.45, 2.75) is 44.3 Å². The van der Waals surface area contributed by atoms with Crippen LogP contribution in [-0.2, 0) is 11.7 Å². The highest BCUT2D eigenvalue weighted by molar-refractivity contribution is 6.04. The summed E-state index contributed by atoms with van der Waals surface area (Å²) in [6.07, 6.45) is 0.00935. The number of anilines is 2. The smallest absolute Gasteiger partial charge is 0.369 e. The standard InChI is InChI=1S/C31H34F3N3O/c1-23-14-16-30(17-15-23,37-20-18-36(19-21-37)28-8-3-2-4-9-28)26-6-5-7-27(22-26)35-29(38)24-10-12-25(13-11-24)31(32,33)34/h2-13,22-23H,14-21H2,1H3,(H,35,38)/t23-,30-. The molecule has 1 amide bonds. The molecule has 3 aromatic rings. The van der Waals surface area contributed by atoms with Crippen LogP contribution in [0.4, 0.5) is 24.5 Å². The molecule has 2 fully saturated rings. The first-order valence-corrected chi connectivity index (χ1v) is 13.4. The molecule has 1 saturated heterocycles. The van der Waals surface area contributed by atoms with E-state index in [-0.39, 0.29) is 11.1 Å². The number of amides is 1. The molecule has 0 unspecified atom stereocenters. The van der Waals surface area contributed by atoms with Gasteiger partial charge in [-0.25, -0.2) is 0 Å². The van der Waals surface area contributed by atoms with Crippen LogP contribution in [0.2, 0.25) is 0 Å². The zero-order chi connectivity index (χ0) is 26.8. The van der Waals surface area contributed by atoms with Crippen molar-refractivity contribution >= 4 is 17.3 Å². The maximum Gasteiger partial charge on any atom is 0.416 e. The van der Waals surface area contributed by atoms with E-state index in [4.69, 9.17) is 0 Å². The number of nitrogens with one attached hydrogen (secondary N) is 1. The molecule has 1 saturated carbocycles. The van der Waals surface area contributed by atoms with Gasteiger partial charge in [-0.1, -0.05) is 37.3 Å². The van der Waals surface area contributed by atoms with Crippen molar-refractivity contribution in [3.63, 3.8) is 0 Å². The van der Waals surface area contributed by atoms with Crippen molar-refractivity contribution in [2.24, 2.45) is 5.92 Å². The Balaban J connectivity index is 1.34. The molecule has 200 valence electrons. The Morgan fingerprint density at radius 2 is 1.53 bits per heavy atom. The summed E-state index contributed by atoms with van der Waals surface area (Å²) in [5, 5.41) is 2.91. The average molecular weight is 522 g/mol. The van der Waals surface area contributed by atoms with E-state index in [0.29, 0.717) is 11.6 Å². The summed E-state index contributed by atoms with van der Waals surface area (Å²) >= 11 is 0. The lowest BCUT2D eigenvalue weighted by atomic mass is 9.71. The van der Waals surface area contributed by atoms with Crippen LogP contribution in [0, 0.1) is 5.92 Å². The van der Waals surface area contributed by atoms with Crippen LogP contribution in [0.15, 0.2) is 78.9 Å². The first-order chi connectivity index (χ1) is 18.2. The molecule has 5 rings (SSSR count). The second-order valence-corrected chi connectivity index (χ2v) is 10.6. The van der Waals surface area contributed by atoms with E-state index in [1.807, 2.05) is 18.2 Å². The highest BCUT2D eigenvalue weighted by Gasteiger charge is 2.42. The van der Waals surface area contributed by atoms with Gasteiger partial charge in [0.2, 0.25) is 0 Å². The Kier molecular flexibility index (Phi) is 7.48. The Labute approximate surface area is 222 Å². The van der Waals surface area contributed by atoms with E-state index in [1.54, 1.807) is 0 Å². The minimum Gasteiger partial charge on any atom is -0.369 e. The van der Waals surface area contributed by atoms with Crippen LogP contribution >= 0.6 is 0 Å². The van der Waals surface area contributed by atoms with Gasteiger partial charge in [-0.15, -0.1) is 0 Å². The average Bonchev–Trinajstić information content (AvgIpc) is 2.94. The molecule has 0 atom stereocenters. The first-order valence-electron chi connectivity index (χ1n) is 13.4. The number of hydrogen-bond acceptors (Lipinski definition) is 3. The van der Waals surface area contributed by atoms with Gasteiger partial charge >= 0.3 is 6.18 Å². The van der Waals surface area contributed by atoms with E-state index < -0.39 is 17.6 Å². The van der Waals surface area contributed by atoms with Gasteiger partial charge < -0.3 is 10.2 Å². The van der Waals surface area contributed by atoms with Gasteiger partial charge in [-0.05, 0) is 85.7 Å². The van der Waals surface area contributed by atoms with Crippen LogP contribution in [0.25, 0.3) is 0 Å². The fourth-order valence-corrected chi connectivity index (χ4v) is 5.96. The number of benzene rings is 3. The number of carbonyl (C=O) groups excluding carboxylic acids is 1. The SMILES string of the molecule is C[C@H]1CC[C@](c2cccc(NC(=O)c3ccc(C(F)(F)F)cc3)c2)(N2CCN(c3ccccc3)CC2)CC1. The lowest BCUT2D eigenvalue weighted by molar-refractivity contribution is -0.137. The zero-order valence-electron chi connectivity index (χ0n) is 21.7. The maximum absolute atomic E-state index is 12.9. The van der Waals surface area contributed by atoms with Crippen LogP contribution in [0.3, 0.4) is 0 Å². The monoisotopic (exact) mass is 521 g/mol. The zero-order valence-corrected chi connectivity index (χ0v) is 21.7. The topological polar surface area (TPSA) is 35.6 Å². The quantitative estimate of drug-likeness (QED) is 0.386. The minimum absolute atomic E-state index is 0.0929. The molecular formula is C31H34F3N3O. The number of alkyl halides is 3. The molecule has 0 spiro atoms. The summed E-state index contributed by atoms with van der Waals surface area (Å²) in [6, 6.07) is 22.9. The molecule has 1 heterocycles. The number of halogens is 3. The Hall–Kier alpha value is -3.32. The molecule has 2 aliphatic rings. The van der Waals surface area contributed by atoms with Crippen molar-refractivity contribution in [2.75, 3.05) is 36.4 Å². The normalized spacial score (nSPS) is 22.7. The van der Waals surface area contributed by atoms with E-state index in [1.165, 1.54) is 23.4 Å². The molecule has 7 heteroatoms. The second-order valence-electron chi connectivity index (χ2n) is 10.6. The Morgan fingerprint density at radius 1 is 0.868 bits per heavy atom. The maximum atomic E-state index is 12.9. The Bertz CT molecular complexity index is 1230. The van der Waals surface area contributed by atoms with Gasteiger partial charge in [0, 0.05) is 48.7 Å². The number of rotatable bonds is 5. The summed E-state index contributed by atoms with van der Waals surface area (Å²) in [5.41, 5.74) is 2.45. The molecule has 1 N–H and O–H groups in total. The van der Waals surface area contributed by atoms with Crippen LogP contribution in [-0.4, -0.2) is 37.0 Å². The van der Waals surface area contributed by atoms with Crippen LogP contribution < -0.4 is 10.2 Å². The summed E-state index contributed by atoms with van der Waals surface area (Å²) < 4.78 is 38.7. The fraction of sp³-hybridized carbons (Fsp3) is 0.387. The lowest BCUT2D eigenvalue weighted by Gasteiger charge is -2.51. The fourth-order valence-electron chi connectivity index (χ4n) is 5.96. The van der Waals surface area contributed by atoms with Gasteiger partial charge in [0.25, 0.3) is 5.91 Å². The lowest BCUT2D eigenvalue weighted by Crippen LogP contribution is -2.56. The number of para-hydroxylation sites is 1. The van der Waals surface area contributed by atoms with Gasteiger partial charge in [-0.2, -0.15) is 13.2 Å². The summed E-state index contributed by atoms with van der Waals surface area (Å²) in [6.45, 7) is 6.17. The number of piperazine rings is 1. The van der Waals surface area contributed by atoms with Crippen molar-refractivity contribution in [1.29, 1.82) is 0 Å². The van der Waals surface area contributed by atoms with E-state index in [9.17, 15) is 18.0 Å². The second kappa shape index (κ2) is 10.8. The van der Waals surface area contributed by atoms with E-state index in [0.717, 1.165) is 64.0 Å². The number of hydrogen-bond donors (Lipinski definition) is 1. The molecule has 1 aliphatic carbocycles. The summed E-state index contributed by atoms with van der Waals surface area (Å²) in [4.78, 5) is 17.9. The first kappa shape index (κ1) is 26.3. The third-order valence-electron chi connectivity index (χ3n) is 8.24. The highest BCUT2D eigenvalue weighted by atomic mass is 19.4. The number of nitrogens with zero attached hydrogens (tertiary/aromatic N) is 2. The van der Waals surface area contributed by atoms with Crippen molar-refractivity contribution in [3.8, 4) is 0 Å². The molecule has 0 aromatic heterocycles.